The Kier molecular flexibility index (Phi) is 4.93. The zero-order valence-electron chi connectivity index (χ0n) is 11.9. The van der Waals surface area contributed by atoms with Gasteiger partial charge in [-0.05, 0) is 11.8 Å². The highest BCUT2D eigenvalue weighted by molar-refractivity contribution is 5.76. The van der Waals surface area contributed by atoms with E-state index in [1.165, 1.54) is 32.1 Å². The van der Waals surface area contributed by atoms with Gasteiger partial charge in [0.1, 0.15) is 6.33 Å². The predicted octanol–water partition coefficient (Wildman–Crippen LogP) is 2.04. The zero-order valence-corrected chi connectivity index (χ0v) is 11.9. The molecule has 0 spiro atoms. The first-order valence-electron chi connectivity index (χ1n) is 7.26. The molecular formula is C14H24N4O. The molecule has 0 unspecified atom stereocenters. The van der Waals surface area contributed by atoms with Crippen LogP contribution < -0.4 is 5.32 Å². The Morgan fingerprint density at radius 3 is 2.84 bits per heavy atom. The second-order valence-corrected chi connectivity index (χ2v) is 5.71. The van der Waals surface area contributed by atoms with Gasteiger partial charge in [0.2, 0.25) is 5.91 Å². The Balaban J connectivity index is 1.73. The van der Waals surface area contributed by atoms with Gasteiger partial charge >= 0.3 is 0 Å². The fourth-order valence-corrected chi connectivity index (χ4v) is 2.88. The largest absolute Gasteiger partial charge is 0.349 e. The third kappa shape index (κ3) is 4.04. The number of nitrogens with one attached hydrogen (secondary N) is 1. The maximum absolute atomic E-state index is 11.9. The zero-order chi connectivity index (χ0) is 13.7. The Morgan fingerprint density at radius 2 is 2.21 bits per heavy atom. The van der Waals surface area contributed by atoms with Crippen molar-refractivity contribution in [3.8, 4) is 0 Å². The van der Waals surface area contributed by atoms with Gasteiger partial charge < -0.3 is 9.88 Å². The predicted molar refractivity (Wildman–Crippen MR) is 73.2 cm³/mol. The van der Waals surface area contributed by atoms with Crippen molar-refractivity contribution in [2.24, 2.45) is 18.9 Å². The molecule has 1 atom stereocenters. The van der Waals surface area contributed by atoms with Crippen LogP contribution >= 0.6 is 0 Å². The second kappa shape index (κ2) is 6.68. The van der Waals surface area contributed by atoms with Crippen LogP contribution in [0.5, 0.6) is 0 Å². The van der Waals surface area contributed by atoms with Crippen LogP contribution in [0.1, 0.15) is 51.3 Å². The molecule has 106 valence electrons. The van der Waals surface area contributed by atoms with Crippen molar-refractivity contribution in [3.05, 3.63) is 12.2 Å². The molecule has 0 aromatic carbocycles. The first kappa shape index (κ1) is 14.0. The lowest BCUT2D eigenvalue weighted by Crippen LogP contribution is -2.28. The number of nitrogens with zero attached hydrogens (tertiary/aromatic N) is 3. The Labute approximate surface area is 114 Å². The number of rotatable bonds is 5. The molecule has 1 saturated carbocycles. The van der Waals surface area contributed by atoms with Gasteiger partial charge in [0.15, 0.2) is 5.82 Å². The van der Waals surface area contributed by atoms with Crippen LogP contribution in [-0.2, 0) is 18.4 Å². The van der Waals surface area contributed by atoms with Crippen molar-refractivity contribution >= 4 is 5.91 Å². The van der Waals surface area contributed by atoms with Gasteiger partial charge in [0.25, 0.3) is 0 Å². The first-order valence-corrected chi connectivity index (χ1v) is 7.26. The van der Waals surface area contributed by atoms with Crippen molar-refractivity contribution in [1.82, 2.24) is 20.1 Å². The number of carbonyl (C=O) groups is 1. The van der Waals surface area contributed by atoms with Gasteiger partial charge in [-0.2, -0.15) is 0 Å². The van der Waals surface area contributed by atoms with Crippen molar-refractivity contribution in [3.63, 3.8) is 0 Å². The minimum atomic E-state index is 0.126. The van der Waals surface area contributed by atoms with Crippen molar-refractivity contribution in [2.75, 3.05) is 0 Å². The number of hydrogen-bond acceptors (Lipinski definition) is 3. The molecule has 0 bridgehead atoms. The highest BCUT2D eigenvalue weighted by atomic mass is 16.1. The van der Waals surface area contributed by atoms with Gasteiger partial charge in [-0.3, -0.25) is 4.79 Å². The van der Waals surface area contributed by atoms with E-state index in [2.05, 4.69) is 22.4 Å². The van der Waals surface area contributed by atoms with Gasteiger partial charge in [0, 0.05) is 13.5 Å². The summed E-state index contributed by atoms with van der Waals surface area (Å²) in [4.78, 5) is 11.9. The van der Waals surface area contributed by atoms with Gasteiger partial charge in [-0.15, -0.1) is 10.2 Å². The fraction of sp³-hybridized carbons (Fsp3) is 0.786. The highest BCUT2D eigenvalue weighted by Gasteiger charge is 2.22. The van der Waals surface area contributed by atoms with E-state index in [4.69, 9.17) is 0 Å². The molecule has 1 aromatic rings. The Bertz CT molecular complexity index is 409. The molecule has 1 amide bonds. The van der Waals surface area contributed by atoms with E-state index in [1.807, 2.05) is 11.6 Å². The first-order chi connectivity index (χ1) is 9.16. The number of amides is 1. The van der Waals surface area contributed by atoms with Crippen molar-refractivity contribution in [2.45, 2.75) is 52.0 Å². The summed E-state index contributed by atoms with van der Waals surface area (Å²) in [6.07, 6.45) is 8.87. The smallest absolute Gasteiger partial charge is 0.220 e. The normalized spacial score (nSPS) is 18.2. The summed E-state index contributed by atoms with van der Waals surface area (Å²) in [6, 6.07) is 0. The standard InChI is InChI=1S/C14H24N4O/c1-11(12-6-4-3-5-7-12)8-14(19)15-9-13-17-16-10-18(13)2/h10-12H,3-9H2,1-2H3,(H,15,19)/t11-/m1/s1. The molecule has 5 heteroatoms. The average molecular weight is 264 g/mol. The maximum atomic E-state index is 11.9. The summed E-state index contributed by atoms with van der Waals surface area (Å²) in [5.41, 5.74) is 0. The molecule has 5 nitrogen and oxygen atoms in total. The van der Waals surface area contributed by atoms with Crippen LogP contribution in [0.3, 0.4) is 0 Å². The van der Waals surface area contributed by atoms with Crippen LogP contribution in [-0.4, -0.2) is 20.7 Å². The minimum absolute atomic E-state index is 0.126. The molecule has 1 aliphatic rings. The van der Waals surface area contributed by atoms with Crippen LogP contribution in [0, 0.1) is 11.8 Å². The summed E-state index contributed by atoms with van der Waals surface area (Å²) < 4.78 is 1.82. The molecule has 1 aliphatic carbocycles. The average Bonchev–Trinajstić information content (AvgIpc) is 2.83. The minimum Gasteiger partial charge on any atom is -0.349 e. The molecule has 0 radical (unpaired) electrons. The van der Waals surface area contributed by atoms with Crippen LogP contribution in [0.25, 0.3) is 0 Å². The van der Waals surface area contributed by atoms with Crippen molar-refractivity contribution < 1.29 is 4.79 Å². The SMILES string of the molecule is C[C@H](CC(=O)NCc1nncn1C)C1CCCCC1. The molecule has 1 aromatic heterocycles. The molecule has 0 saturated heterocycles. The van der Waals surface area contributed by atoms with Gasteiger partial charge in [0.05, 0.1) is 6.54 Å². The van der Waals surface area contributed by atoms with Crippen LogP contribution in [0.15, 0.2) is 6.33 Å². The molecule has 2 rings (SSSR count). The number of carbonyl (C=O) groups excluding carboxylic acids is 1. The van der Waals surface area contributed by atoms with Gasteiger partial charge in [-0.1, -0.05) is 39.0 Å². The summed E-state index contributed by atoms with van der Waals surface area (Å²) in [5, 5.41) is 10.7. The Hall–Kier alpha value is -1.39. The topological polar surface area (TPSA) is 59.8 Å². The molecule has 19 heavy (non-hydrogen) atoms. The van der Waals surface area contributed by atoms with E-state index in [-0.39, 0.29) is 5.91 Å². The van der Waals surface area contributed by atoms with E-state index < -0.39 is 0 Å². The fourth-order valence-electron chi connectivity index (χ4n) is 2.88. The lowest BCUT2D eigenvalue weighted by Gasteiger charge is -2.27. The van der Waals surface area contributed by atoms with Crippen LogP contribution in [0.2, 0.25) is 0 Å². The lowest BCUT2D eigenvalue weighted by molar-refractivity contribution is -0.122. The Morgan fingerprint density at radius 1 is 1.47 bits per heavy atom. The highest BCUT2D eigenvalue weighted by Crippen LogP contribution is 2.31. The lowest BCUT2D eigenvalue weighted by atomic mass is 9.79. The van der Waals surface area contributed by atoms with E-state index >= 15 is 0 Å². The summed E-state index contributed by atoms with van der Waals surface area (Å²) >= 11 is 0. The van der Waals surface area contributed by atoms with E-state index in [1.54, 1.807) is 6.33 Å². The number of aryl methyl sites for hydroxylation is 1. The van der Waals surface area contributed by atoms with E-state index in [9.17, 15) is 4.79 Å². The summed E-state index contributed by atoms with van der Waals surface area (Å²) in [7, 11) is 1.88. The molecule has 1 fully saturated rings. The van der Waals surface area contributed by atoms with Gasteiger partial charge in [-0.25, -0.2) is 0 Å². The van der Waals surface area contributed by atoms with Crippen molar-refractivity contribution in [1.29, 1.82) is 0 Å². The summed E-state index contributed by atoms with van der Waals surface area (Å²) in [5.74, 6) is 2.13. The molecule has 1 N–H and O–H groups in total. The third-order valence-electron chi connectivity index (χ3n) is 4.21. The number of hydrogen-bond donors (Lipinski definition) is 1. The van der Waals surface area contributed by atoms with E-state index in [0.717, 1.165) is 11.7 Å². The number of aromatic nitrogens is 3. The molecular weight excluding hydrogens is 240 g/mol. The summed E-state index contributed by atoms with van der Waals surface area (Å²) in [6.45, 7) is 2.67. The maximum Gasteiger partial charge on any atom is 0.220 e. The quantitative estimate of drug-likeness (QED) is 0.885. The van der Waals surface area contributed by atoms with E-state index in [0.29, 0.717) is 18.9 Å². The van der Waals surface area contributed by atoms with Crippen LogP contribution in [0.4, 0.5) is 0 Å². The third-order valence-corrected chi connectivity index (χ3v) is 4.21. The molecule has 0 aliphatic heterocycles. The monoisotopic (exact) mass is 264 g/mol. The second-order valence-electron chi connectivity index (χ2n) is 5.71. The molecule has 1 heterocycles.